The molecule has 4 rings (SSSR count). The minimum Gasteiger partial charge on any atom is -0.505 e. The Balaban J connectivity index is 1.88. The van der Waals surface area contributed by atoms with Gasteiger partial charge in [-0.15, -0.1) is 0 Å². The van der Waals surface area contributed by atoms with Crippen LogP contribution in [0, 0.1) is 5.82 Å². The van der Waals surface area contributed by atoms with Crippen molar-refractivity contribution in [1.29, 1.82) is 0 Å². The van der Waals surface area contributed by atoms with Gasteiger partial charge in [0.15, 0.2) is 11.4 Å². The molecule has 1 aliphatic heterocycles. The Morgan fingerprint density at radius 3 is 2.76 bits per heavy atom. The predicted molar refractivity (Wildman–Crippen MR) is 104 cm³/mol. The lowest BCUT2D eigenvalue weighted by Gasteiger charge is -2.33. The maximum absolute atomic E-state index is 13.4. The summed E-state index contributed by atoms with van der Waals surface area (Å²) in [5.74, 6) is -1.42. The molecule has 3 aromatic rings. The average Bonchev–Trinajstić information content (AvgIpc) is 3.01. The van der Waals surface area contributed by atoms with Gasteiger partial charge in [0.1, 0.15) is 11.2 Å². The number of halogens is 2. The normalized spacial score (nSPS) is 16.5. The Morgan fingerprint density at radius 2 is 2.10 bits per heavy atom. The first-order valence-corrected chi connectivity index (χ1v) is 9.42. The fraction of sp³-hybridized carbons (Fsp3) is 0.316. The number of hydrogen-bond donors (Lipinski definition) is 2. The Hall–Kier alpha value is -2.91. The van der Waals surface area contributed by atoms with E-state index in [0.29, 0.717) is 12.1 Å². The standard InChI is InChI=1S/C19H18ClFN4O4/c1-2-23-8-11(9-26)25-14-6-22-24(7-10-3-4-13(21)12(20)5-10)18(28)15(14)17(27)16(25)19(23)29/h3-6,11,26-27H,2,7-9H2,1H3/t11-/m1/s1. The first-order valence-electron chi connectivity index (χ1n) is 9.04. The van der Waals surface area contributed by atoms with Crippen LogP contribution in [0.1, 0.15) is 29.0 Å². The quantitative estimate of drug-likeness (QED) is 0.669. The number of aliphatic hydroxyl groups is 1. The summed E-state index contributed by atoms with van der Waals surface area (Å²) in [7, 11) is 0. The number of carbonyl (C=O) groups is 1. The first kappa shape index (κ1) is 19.4. The second-order valence-electron chi connectivity index (χ2n) is 6.86. The van der Waals surface area contributed by atoms with Gasteiger partial charge in [-0.1, -0.05) is 17.7 Å². The van der Waals surface area contributed by atoms with Crippen LogP contribution < -0.4 is 5.56 Å². The zero-order chi connectivity index (χ0) is 20.9. The number of hydrogen-bond acceptors (Lipinski definition) is 5. The van der Waals surface area contributed by atoms with Gasteiger partial charge < -0.3 is 19.7 Å². The predicted octanol–water partition coefficient (Wildman–Crippen LogP) is 1.75. The maximum Gasteiger partial charge on any atom is 0.280 e. The molecule has 1 aliphatic rings. The van der Waals surface area contributed by atoms with E-state index in [1.54, 1.807) is 6.92 Å². The van der Waals surface area contributed by atoms with Gasteiger partial charge in [0.2, 0.25) is 0 Å². The van der Waals surface area contributed by atoms with Crippen molar-refractivity contribution in [1.82, 2.24) is 19.2 Å². The van der Waals surface area contributed by atoms with Crippen molar-refractivity contribution in [3.05, 3.63) is 56.8 Å². The van der Waals surface area contributed by atoms with Crippen LogP contribution in [0.5, 0.6) is 5.75 Å². The van der Waals surface area contributed by atoms with E-state index >= 15 is 0 Å². The molecule has 1 amide bonds. The Morgan fingerprint density at radius 1 is 1.34 bits per heavy atom. The molecular formula is C19H18ClFN4O4. The van der Waals surface area contributed by atoms with E-state index in [1.807, 2.05) is 0 Å². The molecule has 0 unspecified atom stereocenters. The van der Waals surface area contributed by atoms with E-state index in [-0.39, 0.29) is 41.3 Å². The Kier molecular flexibility index (Phi) is 4.79. The smallest absolute Gasteiger partial charge is 0.280 e. The number of rotatable bonds is 4. The third kappa shape index (κ3) is 2.97. The van der Waals surface area contributed by atoms with Crippen molar-refractivity contribution in [3.8, 4) is 5.75 Å². The van der Waals surface area contributed by atoms with Gasteiger partial charge in [-0.2, -0.15) is 5.10 Å². The molecule has 2 aromatic heterocycles. The molecule has 0 saturated heterocycles. The Bertz CT molecular complexity index is 1190. The number of aliphatic hydroxyl groups excluding tert-OH is 1. The van der Waals surface area contributed by atoms with Crippen LogP contribution in [-0.2, 0) is 6.54 Å². The van der Waals surface area contributed by atoms with Gasteiger partial charge in [-0.25, -0.2) is 9.07 Å². The fourth-order valence-electron chi connectivity index (χ4n) is 3.73. The van der Waals surface area contributed by atoms with E-state index in [4.69, 9.17) is 11.6 Å². The summed E-state index contributed by atoms with van der Waals surface area (Å²) < 4.78 is 16.0. The molecule has 152 valence electrons. The molecule has 3 heterocycles. The molecule has 0 bridgehead atoms. The molecule has 0 radical (unpaired) electrons. The molecule has 0 fully saturated rings. The second-order valence-corrected chi connectivity index (χ2v) is 7.27. The van der Waals surface area contributed by atoms with Crippen molar-refractivity contribution in [2.75, 3.05) is 19.7 Å². The van der Waals surface area contributed by atoms with Crippen molar-refractivity contribution in [3.63, 3.8) is 0 Å². The molecule has 1 aromatic carbocycles. The van der Waals surface area contributed by atoms with Crippen LogP contribution in [0.3, 0.4) is 0 Å². The van der Waals surface area contributed by atoms with Gasteiger partial charge in [-0.3, -0.25) is 9.59 Å². The number of fused-ring (bicyclic) bond motifs is 3. The molecule has 0 aliphatic carbocycles. The number of nitrogens with zero attached hydrogens (tertiary/aromatic N) is 4. The summed E-state index contributed by atoms with van der Waals surface area (Å²) in [6.07, 6.45) is 1.38. The molecular weight excluding hydrogens is 403 g/mol. The van der Waals surface area contributed by atoms with Crippen LogP contribution in [-0.4, -0.2) is 55.1 Å². The summed E-state index contributed by atoms with van der Waals surface area (Å²) >= 11 is 5.79. The highest BCUT2D eigenvalue weighted by Crippen LogP contribution is 2.36. The number of benzene rings is 1. The number of aromatic nitrogens is 3. The minimum absolute atomic E-state index is 0.00713. The molecule has 29 heavy (non-hydrogen) atoms. The van der Waals surface area contributed by atoms with Crippen LogP contribution in [0.2, 0.25) is 5.02 Å². The SMILES string of the molecule is CCN1C[C@H](CO)n2c(c(O)c3c(=O)n(Cc4ccc(F)c(Cl)c4)ncc32)C1=O. The Labute approximate surface area is 169 Å². The van der Waals surface area contributed by atoms with E-state index in [9.17, 15) is 24.2 Å². The van der Waals surface area contributed by atoms with E-state index in [1.165, 1.54) is 33.9 Å². The van der Waals surface area contributed by atoms with E-state index in [2.05, 4.69) is 5.10 Å². The van der Waals surface area contributed by atoms with Crippen molar-refractivity contribution in [2.45, 2.75) is 19.5 Å². The molecule has 10 heteroatoms. The lowest BCUT2D eigenvalue weighted by atomic mass is 10.2. The van der Waals surface area contributed by atoms with Gasteiger partial charge in [-0.05, 0) is 24.6 Å². The average molecular weight is 421 g/mol. The van der Waals surface area contributed by atoms with E-state index < -0.39 is 29.1 Å². The van der Waals surface area contributed by atoms with Crippen LogP contribution in [0.4, 0.5) is 4.39 Å². The minimum atomic E-state index is -0.602. The summed E-state index contributed by atoms with van der Waals surface area (Å²) in [5, 5.41) is 24.5. The largest absolute Gasteiger partial charge is 0.505 e. The number of carbonyl (C=O) groups excluding carboxylic acids is 1. The number of likely N-dealkylation sites (N-methyl/N-ethyl adjacent to an activating group) is 1. The van der Waals surface area contributed by atoms with Crippen LogP contribution in [0.25, 0.3) is 10.9 Å². The van der Waals surface area contributed by atoms with Gasteiger partial charge in [0.05, 0.1) is 35.9 Å². The van der Waals surface area contributed by atoms with Gasteiger partial charge in [0.25, 0.3) is 11.5 Å². The molecule has 0 spiro atoms. The van der Waals surface area contributed by atoms with Crippen molar-refractivity contribution in [2.24, 2.45) is 0 Å². The highest BCUT2D eigenvalue weighted by molar-refractivity contribution is 6.30. The topological polar surface area (TPSA) is 101 Å². The van der Waals surface area contributed by atoms with Crippen molar-refractivity contribution >= 4 is 28.4 Å². The van der Waals surface area contributed by atoms with Crippen LogP contribution in [0.15, 0.2) is 29.2 Å². The second kappa shape index (κ2) is 7.16. The highest BCUT2D eigenvalue weighted by Gasteiger charge is 2.36. The number of amides is 1. The van der Waals surface area contributed by atoms with Gasteiger partial charge in [0, 0.05) is 13.1 Å². The summed E-state index contributed by atoms with van der Waals surface area (Å²) in [5.41, 5.74) is 0.192. The lowest BCUT2D eigenvalue weighted by molar-refractivity contribution is 0.0638. The summed E-state index contributed by atoms with van der Waals surface area (Å²) in [4.78, 5) is 27.3. The van der Waals surface area contributed by atoms with E-state index in [0.717, 1.165) is 4.68 Å². The maximum atomic E-state index is 13.4. The zero-order valence-electron chi connectivity index (χ0n) is 15.5. The molecule has 0 saturated carbocycles. The summed E-state index contributed by atoms with van der Waals surface area (Å²) in [6, 6.07) is 3.57. The molecule has 2 N–H and O–H groups in total. The monoisotopic (exact) mass is 420 g/mol. The van der Waals surface area contributed by atoms with Crippen LogP contribution >= 0.6 is 11.6 Å². The summed E-state index contributed by atoms with van der Waals surface area (Å²) in [6.45, 7) is 2.21. The zero-order valence-corrected chi connectivity index (χ0v) is 16.2. The highest BCUT2D eigenvalue weighted by atomic mass is 35.5. The van der Waals surface area contributed by atoms with Gasteiger partial charge >= 0.3 is 0 Å². The third-order valence-corrected chi connectivity index (χ3v) is 5.47. The molecule has 1 atom stereocenters. The lowest BCUT2D eigenvalue weighted by Crippen LogP contribution is -2.43. The fourth-order valence-corrected chi connectivity index (χ4v) is 3.93. The van der Waals surface area contributed by atoms with Crippen molar-refractivity contribution < 1.29 is 19.4 Å². The third-order valence-electron chi connectivity index (χ3n) is 5.18. The number of aromatic hydroxyl groups is 1. The first-order chi connectivity index (χ1) is 13.9. The molecule has 8 nitrogen and oxygen atoms in total.